The summed E-state index contributed by atoms with van der Waals surface area (Å²) in [7, 11) is -3.37. The van der Waals surface area contributed by atoms with Crippen LogP contribution in [0.2, 0.25) is 5.02 Å². The highest BCUT2D eigenvalue weighted by atomic mass is 35.5. The third kappa shape index (κ3) is 3.23. The van der Waals surface area contributed by atoms with E-state index in [2.05, 4.69) is 4.90 Å². The van der Waals surface area contributed by atoms with Crippen LogP contribution >= 0.6 is 11.6 Å². The summed E-state index contributed by atoms with van der Waals surface area (Å²) in [6.07, 6.45) is 0. The van der Waals surface area contributed by atoms with Crippen LogP contribution in [0.3, 0.4) is 0 Å². The lowest BCUT2D eigenvalue weighted by Gasteiger charge is -2.38. The molecular weight excluding hydrogens is 326 g/mol. The minimum Gasteiger partial charge on any atom is -0.379 e. The Morgan fingerprint density at radius 2 is 1.50 bits per heavy atom. The van der Waals surface area contributed by atoms with Gasteiger partial charge in [-0.25, -0.2) is 0 Å². The maximum absolute atomic E-state index is 12.6. The summed E-state index contributed by atoms with van der Waals surface area (Å²) in [6.45, 7) is 4.06. The maximum atomic E-state index is 12.6. The highest BCUT2D eigenvalue weighted by Gasteiger charge is 2.33. The molecule has 0 N–H and O–H groups in total. The smallest absolute Gasteiger partial charge is 0.282 e. The monoisotopic (exact) mass is 345 g/mol. The van der Waals surface area contributed by atoms with E-state index in [9.17, 15) is 8.42 Å². The highest BCUT2D eigenvalue weighted by Crippen LogP contribution is 2.26. The predicted molar refractivity (Wildman–Crippen MR) is 86.5 cm³/mol. The van der Waals surface area contributed by atoms with E-state index in [4.69, 9.17) is 16.3 Å². The summed E-state index contributed by atoms with van der Waals surface area (Å²) in [6, 6.07) is 7.66. The molecule has 2 fully saturated rings. The lowest BCUT2D eigenvalue weighted by atomic mass is 10.2. The molecule has 1 aromatic carbocycles. The average Bonchev–Trinajstić information content (AvgIpc) is 2.56. The van der Waals surface area contributed by atoms with Crippen LogP contribution in [0.4, 0.5) is 5.69 Å². The van der Waals surface area contributed by atoms with Crippen LogP contribution < -0.4 is 4.90 Å². The molecule has 2 aliphatic rings. The van der Waals surface area contributed by atoms with E-state index in [-0.39, 0.29) is 0 Å². The molecule has 6 nitrogen and oxygen atoms in total. The van der Waals surface area contributed by atoms with Crippen molar-refractivity contribution >= 4 is 27.5 Å². The van der Waals surface area contributed by atoms with Crippen LogP contribution in [0.25, 0.3) is 0 Å². The molecule has 3 rings (SSSR count). The minimum atomic E-state index is -3.37. The van der Waals surface area contributed by atoms with Gasteiger partial charge < -0.3 is 9.64 Å². The fourth-order valence-electron chi connectivity index (χ4n) is 2.81. The molecule has 0 aromatic heterocycles. The molecule has 22 heavy (non-hydrogen) atoms. The number of hydrogen-bond donors (Lipinski definition) is 0. The summed E-state index contributed by atoms with van der Waals surface area (Å²) in [5.74, 6) is 0. The van der Waals surface area contributed by atoms with Crippen LogP contribution in [0.1, 0.15) is 0 Å². The number of morpholine rings is 1. The second kappa shape index (κ2) is 6.72. The molecule has 2 aliphatic heterocycles. The van der Waals surface area contributed by atoms with Gasteiger partial charge in [-0.15, -0.1) is 0 Å². The van der Waals surface area contributed by atoms with Crippen molar-refractivity contribution in [3.63, 3.8) is 0 Å². The summed E-state index contributed by atoms with van der Waals surface area (Å²) in [5.41, 5.74) is 0.965. The molecule has 122 valence electrons. The predicted octanol–water partition coefficient (Wildman–Crippen LogP) is 1.04. The second-order valence-corrected chi connectivity index (χ2v) is 7.69. The second-order valence-electron chi connectivity index (χ2n) is 5.36. The van der Waals surface area contributed by atoms with Crippen LogP contribution in [0.15, 0.2) is 24.3 Å². The van der Waals surface area contributed by atoms with E-state index in [1.54, 1.807) is 4.31 Å². The van der Waals surface area contributed by atoms with Crippen molar-refractivity contribution in [1.29, 1.82) is 0 Å². The largest absolute Gasteiger partial charge is 0.379 e. The van der Waals surface area contributed by atoms with Crippen molar-refractivity contribution in [2.45, 2.75) is 0 Å². The van der Waals surface area contributed by atoms with Crippen molar-refractivity contribution < 1.29 is 13.2 Å². The molecule has 0 atom stereocenters. The zero-order chi connectivity index (χ0) is 15.6. The number of nitrogens with zero attached hydrogens (tertiary/aromatic N) is 3. The third-order valence-corrected chi connectivity index (χ3v) is 6.41. The van der Waals surface area contributed by atoms with Gasteiger partial charge in [0.25, 0.3) is 10.2 Å². The number of hydrogen-bond acceptors (Lipinski definition) is 4. The summed E-state index contributed by atoms with van der Waals surface area (Å²) in [5, 5.41) is 0.701. The Hall–Kier alpha value is -0.860. The third-order valence-electron chi connectivity index (χ3n) is 4.05. The first-order valence-electron chi connectivity index (χ1n) is 7.41. The van der Waals surface area contributed by atoms with Crippen molar-refractivity contribution in [3.05, 3.63) is 29.3 Å². The number of piperazine rings is 1. The molecule has 0 radical (unpaired) electrons. The van der Waals surface area contributed by atoms with Crippen molar-refractivity contribution in [2.75, 3.05) is 57.4 Å². The van der Waals surface area contributed by atoms with Crippen molar-refractivity contribution in [2.24, 2.45) is 0 Å². The number of ether oxygens (including phenoxy) is 1. The average molecular weight is 346 g/mol. The molecule has 1 aromatic rings. The van der Waals surface area contributed by atoms with Crippen LogP contribution in [0.5, 0.6) is 0 Å². The molecule has 0 unspecified atom stereocenters. The number of para-hydroxylation sites is 1. The Kier molecular flexibility index (Phi) is 4.89. The van der Waals surface area contributed by atoms with E-state index < -0.39 is 10.2 Å². The molecular formula is C14H20ClN3O3S. The number of benzene rings is 1. The Bertz CT molecular complexity index is 612. The van der Waals surface area contributed by atoms with E-state index in [1.807, 2.05) is 24.3 Å². The minimum absolute atomic E-state index is 0.438. The van der Waals surface area contributed by atoms with Gasteiger partial charge in [-0.1, -0.05) is 23.7 Å². The normalized spacial score (nSPS) is 22.0. The summed E-state index contributed by atoms with van der Waals surface area (Å²) in [4.78, 5) is 2.13. The Labute approximate surface area is 136 Å². The van der Waals surface area contributed by atoms with E-state index >= 15 is 0 Å². The fourth-order valence-corrected chi connectivity index (χ4v) is 4.63. The molecule has 0 saturated carbocycles. The van der Waals surface area contributed by atoms with Gasteiger partial charge in [-0.3, -0.25) is 0 Å². The molecule has 0 amide bonds. The van der Waals surface area contributed by atoms with Gasteiger partial charge in [-0.05, 0) is 12.1 Å². The fraction of sp³-hybridized carbons (Fsp3) is 0.571. The quantitative estimate of drug-likeness (QED) is 0.821. The summed E-state index contributed by atoms with van der Waals surface area (Å²) < 4.78 is 33.5. The standard InChI is InChI=1S/C14H20ClN3O3S/c15-13-3-1-2-4-14(13)16-5-7-17(8-6-16)22(19,20)18-9-11-21-12-10-18/h1-4H,5-12H2. The first kappa shape index (κ1) is 16.0. The van der Waals surface area contributed by atoms with Gasteiger partial charge in [0, 0.05) is 39.3 Å². The zero-order valence-electron chi connectivity index (χ0n) is 12.3. The first-order valence-corrected chi connectivity index (χ1v) is 9.19. The lowest BCUT2D eigenvalue weighted by Crippen LogP contribution is -2.55. The Balaban J connectivity index is 1.65. The van der Waals surface area contributed by atoms with Gasteiger partial charge in [0.15, 0.2) is 0 Å². The Morgan fingerprint density at radius 1 is 0.909 bits per heavy atom. The SMILES string of the molecule is O=S(=O)(N1CCOCC1)N1CCN(c2ccccc2Cl)CC1. The van der Waals surface area contributed by atoms with Crippen molar-refractivity contribution in [1.82, 2.24) is 8.61 Å². The molecule has 2 saturated heterocycles. The molecule has 8 heteroatoms. The van der Waals surface area contributed by atoms with E-state index in [0.29, 0.717) is 57.5 Å². The summed E-state index contributed by atoms with van der Waals surface area (Å²) >= 11 is 6.21. The topological polar surface area (TPSA) is 53.1 Å². The van der Waals surface area contributed by atoms with Gasteiger partial charge in [0.1, 0.15) is 0 Å². The maximum Gasteiger partial charge on any atom is 0.282 e. The lowest BCUT2D eigenvalue weighted by molar-refractivity contribution is 0.0700. The van der Waals surface area contributed by atoms with Crippen molar-refractivity contribution in [3.8, 4) is 0 Å². The van der Waals surface area contributed by atoms with Crippen LogP contribution in [-0.4, -0.2) is 69.5 Å². The van der Waals surface area contributed by atoms with E-state index in [1.165, 1.54) is 4.31 Å². The van der Waals surface area contributed by atoms with Gasteiger partial charge >= 0.3 is 0 Å². The van der Waals surface area contributed by atoms with Crippen LogP contribution in [-0.2, 0) is 14.9 Å². The zero-order valence-corrected chi connectivity index (χ0v) is 13.9. The number of anilines is 1. The molecule has 0 aliphatic carbocycles. The number of halogens is 1. The molecule has 0 bridgehead atoms. The number of rotatable bonds is 3. The Morgan fingerprint density at radius 3 is 2.14 bits per heavy atom. The van der Waals surface area contributed by atoms with Crippen LogP contribution in [0, 0.1) is 0 Å². The van der Waals surface area contributed by atoms with E-state index in [0.717, 1.165) is 5.69 Å². The van der Waals surface area contributed by atoms with Gasteiger partial charge in [0.2, 0.25) is 0 Å². The van der Waals surface area contributed by atoms with Gasteiger partial charge in [0.05, 0.1) is 23.9 Å². The van der Waals surface area contributed by atoms with Gasteiger partial charge in [-0.2, -0.15) is 17.0 Å². The molecule has 2 heterocycles. The first-order chi connectivity index (χ1) is 10.6. The molecule has 0 spiro atoms. The highest BCUT2D eigenvalue weighted by molar-refractivity contribution is 7.86.